The van der Waals surface area contributed by atoms with Gasteiger partial charge in [0.05, 0.1) is 21.5 Å². The van der Waals surface area contributed by atoms with Crippen LogP contribution in [0.15, 0.2) is 47.4 Å². The highest BCUT2D eigenvalue weighted by molar-refractivity contribution is 8.18. The molecule has 0 aliphatic carbocycles. The minimum atomic E-state index is -0.303. The zero-order valence-corrected chi connectivity index (χ0v) is 16.5. The lowest BCUT2D eigenvalue weighted by Gasteiger charge is -2.13. The minimum absolute atomic E-state index is 0.165. The van der Waals surface area contributed by atoms with Gasteiger partial charge in [0.1, 0.15) is 0 Å². The molecular formula is C19H16Cl2N2O2S. The summed E-state index contributed by atoms with van der Waals surface area (Å²) in [6, 6.07) is 12.8. The summed E-state index contributed by atoms with van der Waals surface area (Å²) in [4.78, 5) is 28.5. The largest absolute Gasteiger partial charge is 0.378 e. The molecule has 1 aliphatic heterocycles. The molecule has 1 fully saturated rings. The number of hydrogen-bond donors (Lipinski definition) is 0. The number of hydrogen-bond acceptors (Lipinski definition) is 4. The first kappa shape index (κ1) is 18.8. The Morgan fingerprint density at radius 2 is 1.73 bits per heavy atom. The van der Waals surface area contributed by atoms with Crippen molar-refractivity contribution in [2.45, 2.75) is 6.54 Å². The molecule has 0 unspecified atom stereocenters. The van der Waals surface area contributed by atoms with E-state index in [1.807, 2.05) is 43.3 Å². The maximum atomic E-state index is 12.6. The molecule has 0 spiro atoms. The Morgan fingerprint density at radius 1 is 1.04 bits per heavy atom. The Balaban J connectivity index is 1.78. The van der Waals surface area contributed by atoms with E-state index in [1.54, 1.807) is 24.3 Å². The van der Waals surface area contributed by atoms with E-state index in [0.717, 1.165) is 28.6 Å². The lowest BCUT2D eigenvalue weighted by atomic mass is 10.1. The van der Waals surface area contributed by atoms with Crippen LogP contribution in [-0.4, -0.2) is 30.1 Å². The zero-order valence-electron chi connectivity index (χ0n) is 14.2. The monoisotopic (exact) mass is 406 g/mol. The molecule has 4 nitrogen and oxygen atoms in total. The molecule has 1 saturated heterocycles. The van der Waals surface area contributed by atoms with E-state index in [9.17, 15) is 9.59 Å². The SMILES string of the molecule is CN(C)c1ccc(/C=C2/SC(=O)N(Cc3ccc(Cl)c(Cl)c3)C2=O)cc1. The average Bonchev–Trinajstić information content (AvgIpc) is 2.86. The molecule has 7 heteroatoms. The number of nitrogens with zero attached hydrogens (tertiary/aromatic N) is 2. The van der Waals surface area contributed by atoms with Crippen LogP contribution in [0.4, 0.5) is 10.5 Å². The van der Waals surface area contributed by atoms with Gasteiger partial charge in [-0.25, -0.2) is 0 Å². The van der Waals surface area contributed by atoms with Crippen LogP contribution in [0.2, 0.25) is 10.0 Å². The first-order valence-corrected chi connectivity index (χ1v) is 9.39. The van der Waals surface area contributed by atoms with Gasteiger partial charge in [0.2, 0.25) is 0 Å². The van der Waals surface area contributed by atoms with Gasteiger partial charge in [-0.1, -0.05) is 41.4 Å². The summed E-state index contributed by atoms with van der Waals surface area (Å²) >= 11 is 12.8. The molecule has 0 N–H and O–H groups in total. The molecule has 26 heavy (non-hydrogen) atoms. The number of rotatable bonds is 4. The van der Waals surface area contributed by atoms with E-state index < -0.39 is 0 Å². The predicted octanol–water partition coefficient (Wildman–Crippen LogP) is 5.30. The third kappa shape index (κ3) is 4.06. The van der Waals surface area contributed by atoms with Crippen molar-refractivity contribution in [1.82, 2.24) is 4.90 Å². The smallest absolute Gasteiger partial charge is 0.293 e. The van der Waals surface area contributed by atoms with Crippen LogP contribution in [0.5, 0.6) is 0 Å². The molecule has 0 aromatic heterocycles. The lowest BCUT2D eigenvalue weighted by molar-refractivity contribution is -0.123. The number of imide groups is 1. The standard InChI is InChI=1S/C19H16Cl2N2O2S/c1-22(2)14-6-3-12(4-7-14)10-17-18(24)23(19(25)26-17)11-13-5-8-15(20)16(21)9-13/h3-10H,11H2,1-2H3/b17-10+. The van der Waals surface area contributed by atoms with Gasteiger partial charge in [-0.2, -0.15) is 0 Å². The topological polar surface area (TPSA) is 40.6 Å². The highest BCUT2D eigenvalue weighted by atomic mass is 35.5. The molecular weight excluding hydrogens is 391 g/mol. The van der Waals surface area contributed by atoms with E-state index in [4.69, 9.17) is 23.2 Å². The van der Waals surface area contributed by atoms with Crippen LogP contribution in [0, 0.1) is 0 Å². The van der Waals surface area contributed by atoms with Gasteiger partial charge >= 0.3 is 0 Å². The van der Waals surface area contributed by atoms with Gasteiger partial charge in [-0.15, -0.1) is 0 Å². The summed E-state index contributed by atoms with van der Waals surface area (Å²) in [6.45, 7) is 0.165. The quantitative estimate of drug-likeness (QED) is 0.646. The van der Waals surface area contributed by atoms with Gasteiger partial charge in [-0.05, 0) is 53.2 Å². The molecule has 134 valence electrons. The number of amides is 2. The average molecular weight is 407 g/mol. The summed E-state index contributed by atoms with van der Waals surface area (Å²) in [5, 5.41) is 0.538. The van der Waals surface area contributed by atoms with Crippen molar-refractivity contribution in [3.8, 4) is 0 Å². The second-order valence-corrected chi connectivity index (χ2v) is 7.81. The van der Waals surface area contributed by atoms with Crippen LogP contribution in [0.3, 0.4) is 0 Å². The highest BCUT2D eigenvalue weighted by Crippen LogP contribution is 2.34. The van der Waals surface area contributed by atoms with E-state index in [-0.39, 0.29) is 17.7 Å². The highest BCUT2D eigenvalue weighted by Gasteiger charge is 2.35. The van der Waals surface area contributed by atoms with Crippen molar-refractivity contribution in [2.24, 2.45) is 0 Å². The Hall–Kier alpha value is -1.95. The fraction of sp³-hybridized carbons (Fsp3) is 0.158. The van der Waals surface area contributed by atoms with Crippen LogP contribution in [-0.2, 0) is 11.3 Å². The lowest BCUT2D eigenvalue weighted by Crippen LogP contribution is -2.27. The number of benzene rings is 2. The van der Waals surface area contributed by atoms with E-state index in [0.29, 0.717) is 15.0 Å². The molecule has 0 saturated carbocycles. The second-order valence-electron chi connectivity index (χ2n) is 6.00. The number of halogens is 2. The fourth-order valence-corrected chi connectivity index (χ4v) is 3.64. The molecule has 0 bridgehead atoms. The Labute approximate surface area is 166 Å². The predicted molar refractivity (Wildman–Crippen MR) is 109 cm³/mol. The van der Waals surface area contributed by atoms with Crippen LogP contribution in [0.25, 0.3) is 6.08 Å². The molecule has 2 amide bonds. The maximum absolute atomic E-state index is 12.6. The second kappa shape index (κ2) is 7.74. The summed E-state index contributed by atoms with van der Waals surface area (Å²) in [5.41, 5.74) is 2.68. The van der Waals surface area contributed by atoms with Gasteiger partial charge in [0, 0.05) is 19.8 Å². The van der Waals surface area contributed by atoms with E-state index in [2.05, 4.69) is 0 Å². The van der Waals surface area contributed by atoms with E-state index >= 15 is 0 Å². The normalized spacial score (nSPS) is 15.8. The van der Waals surface area contributed by atoms with Crippen LogP contribution >= 0.6 is 35.0 Å². The number of carbonyl (C=O) groups excluding carboxylic acids is 2. The van der Waals surface area contributed by atoms with Crippen molar-refractivity contribution in [3.05, 3.63) is 68.5 Å². The van der Waals surface area contributed by atoms with Gasteiger partial charge < -0.3 is 4.90 Å². The van der Waals surface area contributed by atoms with Crippen molar-refractivity contribution in [3.63, 3.8) is 0 Å². The number of anilines is 1. The Morgan fingerprint density at radius 3 is 2.35 bits per heavy atom. The first-order valence-electron chi connectivity index (χ1n) is 7.82. The van der Waals surface area contributed by atoms with Crippen molar-refractivity contribution in [1.29, 1.82) is 0 Å². The minimum Gasteiger partial charge on any atom is -0.378 e. The Bertz CT molecular complexity index is 895. The van der Waals surface area contributed by atoms with Gasteiger partial charge in [0.25, 0.3) is 11.1 Å². The van der Waals surface area contributed by atoms with Crippen molar-refractivity contribution < 1.29 is 9.59 Å². The molecule has 0 atom stereocenters. The third-order valence-electron chi connectivity index (χ3n) is 3.91. The molecule has 0 radical (unpaired) electrons. The van der Waals surface area contributed by atoms with E-state index in [1.165, 1.54) is 4.90 Å². The number of carbonyl (C=O) groups is 2. The van der Waals surface area contributed by atoms with Crippen molar-refractivity contribution in [2.75, 3.05) is 19.0 Å². The summed E-state index contributed by atoms with van der Waals surface area (Å²) in [7, 11) is 3.92. The molecule has 3 rings (SSSR count). The van der Waals surface area contributed by atoms with Crippen LogP contribution < -0.4 is 4.90 Å². The molecule has 2 aromatic carbocycles. The third-order valence-corrected chi connectivity index (χ3v) is 5.55. The van der Waals surface area contributed by atoms with Gasteiger partial charge in [-0.3, -0.25) is 14.5 Å². The Kier molecular flexibility index (Phi) is 5.61. The van der Waals surface area contributed by atoms with Crippen molar-refractivity contribution >= 4 is 57.9 Å². The number of thioether (sulfide) groups is 1. The summed E-state index contributed by atoms with van der Waals surface area (Å²) in [6.07, 6.45) is 1.74. The van der Waals surface area contributed by atoms with Crippen LogP contribution in [0.1, 0.15) is 11.1 Å². The summed E-state index contributed by atoms with van der Waals surface area (Å²) < 4.78 is 0. The maximum Gasteiger partial charge on any atom is 0.293 e. The van der Waals surface area contributed by atoms with Gasteiger partial charge in [0.15, 0.2) is 0 Å². The molecule has 2 aromatic rings. The summed E-state index contributed by atoms with van der Waals surface area (Å²) in [5.74, 6) is -0.303. The fourth-order valence-electron chi connectivity index (χ4n) is 2.48. The molecule has 1 heterocycles. The first-order chi connectivity index (χ1) is 12.3. The molecule has 1 aliphatic rings. The zero-order chi connectivity index (χ0) is 18.8.